The second-order valence-electron chi connectivity index (χ2n) is 5.72. The molecule has 0 saturated heterocycles. The molecule has 108 valence electrons. The van der Waals surface area contributed by atoms with Crippen LogP contribution in [0.1, 0.15) is 57.2 Å². The van der Waals surface area contributed by atoms with Crippen LogP contribution < -0.4 is 5.56 Å². The molecule has 0 unspecified atom stereocenters. The average molecular weight is 274 g/mol. The fourth-order valence-electron chi connectivity index (χ4n) is 3.27. The van der Waals surface area contributed by atoms with Gasteiger partial charge in [-0.1, -0.05) is 32.6 Å². The molecule has 2 aromatic heterocycles. The van der Waals surface area contributed by atoms with Crippen LogP contribution in [0.5, 0.6) is 0 Å². The molecular formula is C15H22N4O. The van der Waals surface area contributed by atoms with Gasteiger partial charge in [0.25, 0.3) is 5.56 Å². The minimum atomic E-state index is 0.0663. The first-order chi connectivity index (χ1) is 9.72. The monoisotopic (exact) mass is 274 g/mol. The van der Waals surface area contributed by atoms with Crippen molar-refractivity contribution in [3.05, 3.63) is 22.4 Å². The van der Waals surface area contributed by atoms with Gasteiger partial charge >= 0.3 is 0 Å². The maximum atomic E-state index is 12.8. The molecule has 0 amide bonds. The zero-order valence-electron chi connectivity index (χ0n) is 12.3. The molecule has 3 rings (SSSR count). The summed E-state index contributed by atoms with van der Waals surface area (Å²) >= 11 is 0. The van der Waals surface area contributed by atoms with Crippen molar-refractivity contribution in [1.82, 2.24) is 19.3 Å². The van der Waals surface area contributed by atoms with Crippen LogP contribution in [-0.2, 0) is 13.5 Å². The molecule has 0 aromatic carbocycles. The first kappa shape index (κ1) is 13.3. The third kappa shape index (κ3) is 2.15. The van der Waals surface area contributed by atoms with Gasteiger partial charge in [0.05, 0.1) is 12.0 Å². The molecule has 0 radical (unpaired) electrons. The van der Waals surface area contributed by atoms with Crippen LogP contribution in [0.3, 0.4) is 0 Å². The lowest BCUT2D eigenvalue weighted by atomic mass is 10.1. The number of hydrogen-bond donors (Lipinski definition) is 0. The van der Waals surface area contributed by atoms with Crippen LogP contribution in [0, 0.1) is 0 Å². The van der Waals surface area contributed by atoms with Crippen molar-refractivity contribution in [2.75, 3.05) is 0 Å². The Bertz CT molecular complexity index is 662. The Labute approximate surface area is 118 Å². The molecule has 5 nitrogen and oxygen atoms in total. The molecule has 0 aliphatic heterocycles. The molecule has 0 N–H and O–H groups in total. The molecule has 1 saturated carbocycles. The highest BCUT2D eigenvalue weighted by molar-refractivity contribution is 5.76. The van der Waals surface area contributed by atoms with Crippen LogP contribution in [0.4, 0.5) is 0 Å². The zero-order chi connectivity index (χ0) is 14.1. The quantitative estimate of drug-likeness (QED) is 0.791. The van der Waals surface area contributed by atoms with Crippen molar-refractivity contribution >= 4 is 11.0 Å². The molecular weight excluding hydrogens is 252 g/mol. The van der Waals surface area contributed by atoms with E-state index < -0.39 is 0 Å². The normalized spacial score (nSPS) is 17.5. The second kappa shape index (κ2) is 5.38. The summed E-state index contributed by atoms with van der Waals surface area (Å²) in [6.07, 6.45) is 9.70. The van der Waals surface area contributed by atoms with E-state index in [2.05, 4.69) is 10.1 Å². The Hall–Kier alpha value is -1.65. The van der Waals surface area contributed by atoms with Crippen molar-refractivity contribution in [3.8, 4) is 0 Å². The topological polar surface area (TPSA) is 52.7 Å². The summed E-state index contributed by atoms with van der Waals surface area (Å²) in [5, 5.41) is 4.41. The van der Waals surface area contributed by atoms with Crippen LogP contribution in [0.15, 0.2) is 11.1 Å². The molecule has 0 spiro atoms. The average Bonchev–Trinajstić information content (AvgIpc) is 2.64. The minimum Gasteiger partial charge on any atom is -0.294 e. The highest BCUT2D eigenvalue weighted by Gasteiger charge is 2.19. The Kier molecular flexibility index (Phi) is 3.59. The van der Waals surface area contributed by atoms with Gasteiger partial charge in [-0.25, -0.2) is 4.98 Å². The highest BCUT2D eigenvalue weighted by atomic mass is 16.1. The smallest absolute Gasteiger partial charge is 0.279 e. The first-order valence-corrected chi connectivity index (χ1v) is 7.65. The summed E-state index contributed by atoms with van der Waals surface area (Å²) in [5.41, 5.74) is 2.39. The predicted molar refractivity (Wildman–Crippen MR) is 78.9 cm³/mol. The molecule has 1 fully saturated rings. The van der Waals surface area contributed by atoms with Gasteiger partial charge in [-0.15, -0.1) is 0 Å². The second-order valence-corrected chi connectivity index (χ2v) is 5.72. The molecule has 1 aliphatic carbocycles. The van der Waals surface area contributed by atoms with Crippen LogP contribution >= 0.6 is 0 Å². The largest absolute Gasteiger partial charge is 0.294 e. The Morgan fingerprint density at radius 1 is 1.25 bits per heavy atom. The predicted octanol–water partition coefficient (Wildman–Crippen LogP) is 2.59. The molecule has 2 heterocycles. The van der Waals surface area contributed by atoms with Crippen molar-refractivity contribution in [2.24, 2.45) is 7.05 Å². The van der Waals surface area contributed by atoms with Gasteiger partial charge in [0, 0.05) is 13.1 Å². The fraction of sp³-hybridized carbons (Fsp3) is 0.667. The van der Waals surface area contributed by atoms with E-state index in [1.54, 1.807) is 11.0 Å². The Morgan fingerprint density at radius 3 is 2.60 bits per heavy atom. The summed E-state index contributed by atoms with van der Waals surface area (Å²) in [4.78, 5) is 17.3. The van der Waals surface area contributed by atoms with E-state index in [9.17, 15) is 4.79 Å². The third-order valence-corrected chi connectivity index (χ3v) is 4.39. The minimum absolute atomic E-state index is 0.0663. The maximum Gasteiger partial charge on any atom is 0.279 e. The lowest BCUT2D eigenvalue weighted by molar-refractivity contribution is 0.429. The van der Waals surface area contributed by atoms with Gasteiger partial charge in [0.2, 0.25) is 0 Å². The van der Waals surface area contributed by atoms with Gasteiger partial charge in [-0.2, -0.15) is 5.10 Å². The van der Waals surface area contributed by atoms with Crippen molar-refractivity contribution in [3.63, 3.8) is 0 Å². The van der Waals surface area contributed by atoms with E-state index in [0.29, 0.717) is 11.6 Å². The number of nitrogens with zero attached hydrogens (tertiary/aromatic N) is 4. The Balaban J connectivity index is 2.11. The molecule has 0 bridgehead atoms. The van der Waals surface area contributed by atoms with Gasteiger partial charge in [-0.3, -0.25) is 14.0 Å². The summed E-state index contributed by atoms with van der Waals surface area (Å²) in [6.45, 7) is 2.04. The molecule has 20 heavy (non-hydrogen) atoms. The van der Waals surface area contributed by atoms with E-state index in [4.69, 9.17) is 0 Å². The molecule has 1 aliphatic rings. The van der Waals surface area contributed by atoms with E-state index in [1.165, 1.54) is 25.7 Å². The van der Waals surface area contributed by atoms with Gasteiger partial charge in [0.15, 0.2) is 5.52 Å². The fourth-order valence-corrected chi connectivity index (χ4v) is 3.27. The van der Waals surface area contributed by atoms with Crippen LogP contribution in [-0.4, -0.2) is 19.3 Å². The van der Waals surface area contributed by atoms with Crippen molar-refractivity contribution in [1.29, 1.82) is 0 Å². The first-order valence-electron chi connectivity index (χ1n) is 7.65. The number of rotatable bonds is 2. The summed E-state index contributed by atoms with van der Waals surface area (Å²) < 4.78 is 3.53. The van der Waals surface area contributed by atoms with Gasteiger partial charge < -0.3 is 0 Å². The van der Waals surface area contributed by atoms with Gasteiger partial charge in [-0.05, 0) is 19.3 Å². The Morgan fingerprint density at radius 2 is 1.95 bits per heavy atom. The molecule has 2 aromatic rings. The van der Waals surface area contributed by atoms with E-state index in [1.807, 2.05) is 18.5 Å². The zero-order valence-corrected chi connectivity index (χ0v) is 12.3. The molecule has 0 atom stereocenters. The van der Waals surface area contributed by atoms with Crippen molar-refractivity contribution in [2.45, 2.75) is 57.9 Å². The van der Waals surface area contributed by atoms with E-state index >= 15 is 0 Å². The summed E-state index contributed by atoms with van der Waals surface area (Å²) in [5.74, 6) is 0. The number of hydrogen-bond acceptors (Lipinski definition) is 3. The lowest BCUT2D eigenvalue weighted by Crippen LogP contribution is -2.26. The third-order valence-electron chi connectivity index (χ3n) is 4.39. The highest BCUT2D eigenvalue weighted by Crippen LogP contribution is 2.26. The number of aromatic nitrogens is 4. The van der Waals surface area contributed by atoms with Crippen molar-refractivity contribution < 1.29 is 0 Å². The van der Waals surface area contributed by atoms with Crippen LogP contribution in [0.25, 0.3) is 11.0 Å². The number of fused-ring (bicyclic) bond motifs is 1. The standard InChI is InChI=1S/C15H22N4O/c1-3-12-13-14(18(2)17-12)15(20)19(10-16-13)11-8-6-4-5-7-9-11/h10-11H,3-9H2,1-2H3. The summed E-state index contributed by atoms with van der Waals surface area (Å²) in [6, 6.07) is 0.307. The maximum absolute atomic E-state index is 12.8. The van der Waals surface area contributed by atoms with Crippen LogP contribution in [0.2, 0.25) is 0 Å². The number of aryl methyl sites for hydroxylation is 2. The molecule has 5 heteroatoms. The van der Waals surface area contributed by atoms with E-state index in [0.717, 1.165) is 30.5 Å². The van der Waals surface area contributed by atoms with Gasteiger partial charge in [0.1, 0.15) is 5.52 Å². The lowest BCUT2D eigenvalue weighted by Gasteiger charge is -2.17. The summed E-state index contributed by atoms with van der Waals surface area (Å²) in [7, 11) is 1.84. The SMILES string of the molecule is CCc1nn(C)c2c(=O)n(C3CCCCCC3)cnc12. The van der Waals surface area contributed by atoms with E-state index in [-0.39, 0.29) is 5.56 Å².